The Balaban J connectivity index is 1.17. The van der Waals surface area contributed by atoms with Crippen molar-refractivity contribution in [2.75, 3.05) is 26.2 Å². The Bertz CT molecular complexity index is 1300. The molecule has 2 aromatic heterocycles. The Morgan fingerprint density at radius 2 is 1.69 bits per heavy atom. The smallest absolute Gasteiger partial charge is 0.261 e. The van der Waals surface area contributed by atoms with Gasteiger partial charge in [-0.2, -0.15) is 0 Å². The normalized spacial score (nSPS) is 15.0. The molecule has 8 heteroatoms. The minimum Gasteiger partial charge on any atom is -0.340 e. The van der Waals surface area contributed by atoms with Gasteiger partial charge in [-0.25, -0.2) is 9.97 Å². The summed E-state index contributed by atoms with van der Waals surface area (Å²) in [5.74, 6) is 0.767. The van der Waals surface area contributed by atoms with E-state index in [2.05, 4.69) is 16.0 Å². The Morgan fingerprint density at radius 1 is 0.969 bits per heavy atom. The highest BCUT2D eigenvalue weighted by molar-refractivity contribution is 7.18. The largest absolute Gasteiger partial charge is 0.340 e. The second-order valence-corrected chi connectivity index (χ2v) is 9.26. The molecule has 4 aromatic rings. The molecule has 1 aliphatic heterocycles. The molecular weight excluding hydrogens is 422 g/mol. The summed E-state index contributed by atoms with van der Waals surface area (Å²) in [6.45, 7) is 3.94. The predicted octanol–water partition coefficient (Wildman–Crippen LogP) is 2.82. The third-order valence-electron chi connectivity index (χ3n) is 6.06. The third kappa shape index (κ3) is 4.16. The van der Waals surface area contributed by atoms with Crippen LogP contribution in [0.1, 0.15) is 17.3 Å². The number of hydrogen-bond donors (Lipinski definition) is 0. The van der Waals surface area contributed by atoms with Gasteiger partial charge in [0.2, 0.25) is 5.91 Å². The maximum absolute atomic E-state index is 12.8. The zero-order chi connectivity index (χ0) is 22.1. The van der Waals surface area contributed by atoms with Gasteiger partial charge in [-0.15, -0.1) is 11.3 Å². The highest BCUT2D eigenvalue weighted by Gasteiger charge is 2.22. The van der Waals surface area contributed by atoms with Crippen molar-refractivity contribution in [3.8, 4) is 0 Å². The minimum atomic E-state index is -0.0680. The molecule has 0 radical (unpaired) electrons. The van der Waals surface area contributed by atoms with Gasteiger partial charge in [-0.1, -0.05) is 24.3 Å². The van der Waals surface area contributed by atoms with Gasteiger partial charge in [0.05, 0.1) is 27.7 Å². The van der Waals surface area contributed by atoms with Crippen LogP contribution in [0.3, 0.4) is 0 Å². The van der Waals surface area contributed by atoms with Crippen molar-refractivity contribution in [2.45, 2.75) is 19.4 Å². The quantitative estimate of drug-likeness (QED) is 0.471. The highest BCUT2D eigenvalue weighted by atomic mass is 32.1. The van der Waals surface area contributed by atoms with E-state index < -0.39 is 0 Å². The molecule has 0 unspecified atom stereocenters. The van der Waals surface area contributed by atoms with E-state index in [1.54, 1.807) is 29.0 Å². The van der Waals surface area contributed by atoms with E-state index in [1.807, 2.05) is 41.3 Å². The summed E-state index contributed by atoms with van der Waals surface area (Å²) in [6, 6.07) is 15.5. The van der Waals surface area contributed by atoms with Crippen LogP contribution in [0, 0.1) is 0 Å². The number of fused-ring (bicyclic) bond motifs is 2. The maximum atomic E-state index is 12.8. The highest BCUT2D eigenvalue weighted by Crippen LogP contribution is 2.23. The van der Waals surface area contributed by atoms with Crippen molar-refractivity contribution >= 4 is 38.4 Å². The summed E-state index contributed by atoms with van der Waals surface area (Å²) < 4.78 is 2.78. The first kappa shape index (κ1) is 20.8. The molecule has 0 N–H and O–H groups in total. The number of nitrogens with zero attached hydrogens (tertiary/aromatic N) is 5. The van der Waals surface area contributed by atoms with Crippen LogP contribution in [-0.4, -0.2) is 56.4 Å². The number of thiazole rings is 1. The fraction of sp³-hybridized carbons (Fsp3) is 0.333. The van der Waals surface area contributed by atoms with Crippen molar-refractivity contribution < 1.29 is 4.79 Å². The van der Waals surface area contributed by atoms with Gasteiger partial charge < -0.3 is 4.90 Å². The molecule has 7 nitrogen and oxygen atoms in total. The van der Waals surface area contributed by atoms with Gasteiger partial charge in [0.1, 0.15) is 10.8 Å². The Labute approximate surface area is 189 Å². The Kier molecular flexibility index (Phi) is 5.71. The molecule has 3 heterocycles. The fourth-order valence-electron chi connectivity index (χ4n) is 4.20. The lowest BCUT2D eigenvalue weighted by atomic mass is 10.2. The minimum absolute atomic E-state index is 0.0680. The van der Waals surface area contributed by atoms with Crippen LogP contribution in [0.15, 0.2) is 53.3 Å². The van der Waals surface area contributed by atoms with Gasteiger partial charge in [-0.05, 0) is 24.3 Å². The molecule has 0 atom stereocenters. The lowest BCUT2D eigenvalue weighted by Gasteiger charge is -2.34. The average molecular weight is 448 g/mol. The summed E-state index contributed by atoms with van der Waals surface area (Å²) in [6.07, 6.45) is 0.817. The van der Waals surface area contributed by atoms with Crippen LogP contribution in [0.5, 0.6) is 0 Å². The molecule has 0 saturated carbocycles. The summed E-state index contributed by atoms with van der Waals surface area (Å²) in [5, 5.41) is 1.73. The first-order valence-corrected chi connectivity index (χ1v) is 11.7. The number of piperazine rings is 1. The van der Waals surface area contributed by atoms with Crippen molar-refractivity contribution in [3.05, 3.63) is 69.7 Å². The van der Waals surface area contributed by atoms with E-state index in [0.717, 1.165) is 30.2 Å². The van der Waals surface area contributed by atoms with Crippen molar-refractivity contribution in [3.63, 3.8) is 0 Å². The van der Waals surface area contributed by atoms with Gasteiger partial charge in [-0.3, -0.25) is 19.1 Å². The summed E-state index contributed by atoms with van der Waals surface area (Å²) in [4.78, 5) is 39.0. The Hall–Kier alpha value is -3.10. The lowest BCUT2D eigenvalue weighted by Crippen LogP contribution is -2.48. The molecule has 5 rings (SSSR count). The average Bonchev–Trinajstić information content (AvgIpc) is 3.23. The zero-order valence-electron chi connectivity index (χ0n) is 18.0. The second-order valence-electron chi connectivity index (χ2n) is 8.14. The van der Waals surface area contributed by atoms with Crippen molar-refractivity contribution in [1.82, 2.24) is 24.3 Å². The molecular formula is C24H25N5O2S. The lowest BCUT2D eigenvalue weighted by molar-refractivity contribution is -0.133. The number of carbonyl (C=O) groups is 1. The first-order chi connectivity index (χ1) is 15.6. The van der Waals surface area contributed by atoms with E-state index in [4.69, 9.17) is 4.98 Å². The first-order valence-electron chi connectivity index (χ1n) is 10.9. The van der Waals surface area contributed by atoms with E-state index in [-0.39, 0.29) is 11.5 Å². The number of benzene rings is 2. The van der Waals surface area contributed by atoms with Crippen LogP contribution >= 0.6 is 11.3 Å². The van der Waals surface area contributed by atoms with Crippen LogP contribution in [0.2, 0.25) is 0 Å². The van der Waals surface area contributed by atoms with Crippen molar-refractivity contribution in [2.24, 2.45) is 7.05 Å². The van der Waals surface area contributed by atoms with Gasteiger partial charge in [0.15, 0.2) is 0 Å². The van der Waals surface area contributed by atoms with Crippen LogP contribution < -0.4 is 5.56 Å². The number of para-hydroxylation sites is 2. The van der Waals surface area contributed by atoms with Gasteiger partial charge >= 0.3 is 0 Å². The van der Waals surface area contributed by atoms with E-state index >= 15 is 0 Å². The molecule has 2 aromatic carbocycles. The second kappa shape index (κ2) is 8.80. The number of aromatic nitrogens is 3. The molecule has 0 bridgehead atoms. The fourth-order valence-corrected chi connectivity index (χ4v) is 5.21. The molecule has 1 saturated heterocycles. The number of carbonyl (C=O) groups excluding carboxylic acids is 1. The molecule has 0 spiro atoms. The standard InChI is InChI=1S/C24H25N5O2S/c1-27-21(25-18-7-3-2-6-17(18)24(27)31)10-11-23(30)29-14-12-28(13-15-29)16-22-26-19-8-4-5-9-20(19)32-22/h2-9H,10-16H2,1H3. The van der Waals surface area contributed by atoms with Crippen LogP contribution in [0.25, 0.3) is 21.1 Å². The van der Waals surface area contributed by atoms with Crippen LogP contribution in [0.4, 0.5) is 0 Å². The van der Waals surface area contributed by atoms with E-state index in [9.17, 15) is 9.59 Å². The molecule has 1 aliphatic rings. The van der Waals surface area contributed by atoms with E-state index in [0.29, 0.717) is 42.7 Å². The van der Waals surface area contributed by atoms with Gasteiger partial charge in [0.25, 0.3) is 5.56 Å². The zero-order valence-corrected chi connectivity index (χ0v) is 18.8. The number of aryl methyl sites for hydroxylation is 1. The summed E-state index contributed by atoms with van der Waals surface area (Å²) >= 11 is 1.74. The molecule has 32 heavy (non-hydrogen) atoms. The monoisotopic (exact) mass is 447 g/mol. The maximum Gasteiger partial charge on any atom is 0.261 e. The summed E-state index contributed by atoms with van der Waals surface area (Å²) in [5.41, 5.74) is 1.67. The third-order valence-corrected chi connectivity index (χ3v) is 7.08. The SMILES string of the molecule is Cn1c(CCC(=O)N2CCN(Cc3nc4ccccc4s3)CC2)nc2ccccc2c1=O. The Morgan fingerprint density at radius 3 is 2.47 bits per heavy atom. The van der Waals surface area contributed by atoms with Crippen LogP contribution in [-0.2, 0) is 24.8 Å². The molecule has 0 aliphatic carbocycles. The molecule has 164 valence electrons. The van der Waals surface area contributed by atoms with Crippen molar-refractivity contribution in [1.29, 1.82) is 0 Å². The van der Waals surface area contributed by atoms with Gasteiger partial charge in [0, 0.05) is 46.1 Å². The van der Waals surface area contributed by atoms with E-state index in [1.165, 1.54) is 4.70 Å². The predicted molar refractivity (Wildman–Crippen MR) is 127 cm³/mol. The summed E-state index contributed by atoms with van der Waals surface area (Å²) in [7, 11) is 1.72. The topological polar surface area (TPSA) is 71.3 Å². The number of rotatable bonds is 5. The molecule has 1 amide bonds. The molecule has 1 fully saturated rings. The number of hydrogen-bond acceptors (Lipinski definition) is 6. The number of amides is 1.